The predicted molar refractivity (Wildman–Crippen MR) is 173 cm³/mol. The average molecular weight is 767 g/mol. The molecule has 0 bridgehead atoms. The second-order valence-electron chi connectivity index (χ2n) is 12.5. The highest BCUT2D eigenvalue weighted by molar-refractivity contribution is 5.89. The minimum absolute atomic E-state index is 0.0747. The van der Waals surface area contributed by atoms with Crippen LogP contribution in [-0.2, 0) is 76.1 Å². The maximum atomic E-state index is 13.5. The highest BCUT2D eigenvalue weighted by atomic mass is 16.8. The number of hydrogen-bond acceptors (Lipinski definition) is 19. The minimum Gasteiger partial charge on any atom is -0.497 e. The molecule has 0 amide bonds. The Morgan fingerprint density at radius 3 is 1.81 bits per heavy atom. The van der Waals surface area contributed by atoms with E-state index < -0.39 is 122 Å². The molecule has 19 nitrogen and oxygen atoms in total. The molecule has 54 heavy (non-hydrogen) atoms. The standard InChI is InChI=1S/C35H42O19/c1-16(36)46-14-25-28(48-18(3)38)29(49-19(4)39)30(50-20(5)40)34(52-25)54-33-26-24(12-13-45-33)27(53-32(42)22-8-10-23(44-7)11-9-22)31(51-21(6)41)35(26,43)15-47-17(2)37/h8-13,24-31,33-34,43H,14-15H2,1-7H3/t24-,25-,26-,27+,28-,29+,30-,31-,33-,34+,35+/m1/s1. The summed E-state index contributed by atoms with van der Waals surface area (Å²) >= 11 is 0. The molecule has 4 rings (SSSR count). The SMILES string of the molecule is COc1ccc(C(=O)O[C@H]2[C@@H]3C=CO[C@H](O[C@@H]4O[C@H](COC(C)=O)[C@@H](OC(C)=O)[C@H](OC(C)=O)[C@H]4OC(C)=O)[C@@H]3[C@@](O)(COC(C)=O)[C@@H]2OC(C)=O)cc1. The summed E-state index contributed by atoms with van der Waals surface area (Å²) in [5.41, 5.74) is -2.33. The molecule has 2 heterocycles. The van der Waals surface area contributed by atoms with Crippen LogP contribution >= 0.6 is 0 Å². The van der Waals surface area contributed by atoms with Crippen molar-refractivity contribution in [1.29, 1.82) is 0 Å². The molecule has 1 saturated heterocycles. The third-order valence-electron chi connectivity index (χ3n) is 8.55. The third kappa shape index (κ3) is 9.83. The summed E-state index contributed by atoms with van der Waals surface area (Å²) < 4.78 is 61.4. The van der Waals surface area contributed by atoms with Gasteiger partial charge < -0.3 is 57.2 Å². The highest BCUT2D eigenvalue weighted by Gasteiger charge is 2.68. The average Bonchev–Trinajstić information content (AvgIpc) is 3.31. The van der Waals surface area contributed by atoms with E-state index in [0.717, 1.165) is 47.8 Å². The fraction of sp³-hybridized carbons (Fsp3) is 0.571. The van der Waals surface area contributed by atoms with Crippen molar-refractivity contribution in [2.75, 3.05) is 20.3 Å². The number of fused-ring (bicyclic) bond motifs is 1. The minimum atomic E-state index is -2.40. The van der Waals surface area contributed by atoms with Crippen molar-refractivity contribution in [3.8, 4) is 5.75 Å². The second-order valence-corrected chi connectivity index (χ2v) is 12.5. The Morgan fingerprint density at radius 2 is 1.26 bits per heavy atom. The van der Waals surface area contributed by atoms with Gasteiger partial charge in [-0.2, -0.15) is 0 Å². The Balaban J connectivity index is 1.79. The lowest BCUT2D eigenvalue weighted by Crippen LogP contribution is -2.64. The summed E-state index contributed by atoms with van der Waals surface area (Å²) in [6, 6.07) is 5.88. The Kier molecular flexibility index (Phi) is 13.6. The number of rotatable bonds is 13. The van der Waals surface area contributed by atoms with Crippen molar-refractivity contribution in [2.24, 2.45) is 11.8 Å². The summed E-state index contributed by atoms with van der Waals surface area (Å²) in [6.45, 7) is 4.96. The van der Waals surface area contributed by atoms with Gasteiger partial charge in [0.1, 0.15) is 36.8 Å². The van der Waals surface area contributed by atoms with Gasteiger partial charge in [0.05, 0.1) is 24.9 Å². The first-order valence-corrected chi connectivity index (χ1v) is 16.6. The van der Waals surface area contributed by atoms with Gasteiger partial charge in [-0.3, -0.25) is 28.8 Å². The number of ether oxygens (including phenoxy) is 11. The van der Waals surface area contributed by atoms with Gasteiger partial charge >= 0.3 is 41.8 Å². The van der Waals surface area contributed by atoms with Crippen LogP contribution in [0.3, 0.4) is 0 Å². The van der Waals surface area contributed by atoms with Crippen LogP contribution in [0.15, 0.2) is 36.6 Å². The van der Waals surface area contributed by atoms with Gasteiger partial charge in [-0.15, -0.1) is 0 Å². The van der Waals surface area contributed by atoms with Crippen LogP contribution in [0, 0.1) is 11.8 Å². The van der Waals surface area contributed by atoms with Crippen molar-refractivity contribution >= 4 is 41.8 Å². The number of hydrogen-bond donors (Lipinski definition) is 1. The van der Waals surface area contributed by atoms with Crippen LogP contribution in [0.25, 0.3) is 0 Å². The summed E-state index contributed by atoms with van der Waals surface area (Å²) in [5.74, 6) is -8.06. The zero-order valence-corrected chi connectivity index (χ0v) is 30.4. The lowest BCUT2D eigenvalue weighted by Gasteiger charge is -2.46. The van der Waals surface area contributed by atoms with Crippen LogP contribution in [-0.4, -0.2) is 122 Å². The van der Waals surface area contributed by atoms with E-state index in [1.54, 1.807) is 0 Å². The van der Waals surface area contributed by atoms with Crippen molar-refractivity contribution in [1.82, 2.24) is 0 Å². The maximum Gasteiger partial charge on any atom is 0.338 e. The summed E-state index contributed by atoms with van der Waals surface area (Å²) in [5, 5.41) is 12.4. The van der Waals surface area contributed by atoms with Gasteiger partial charge in [0.25, 0.3) is 0 Å². The van der Waals surface area contributed by atoms with Gasteiger partial charge in [0.15, 0.2) is 24.4 Å². The first-order valence-electron chi connectivity index (χ1n) is 16.6. The zero-order valence-electron chi connectivity index (χ0n) is 30.4. The van der Waals surface area contributed by atoms with Crippen molar-refractivity contribution in [3.63, 3.8) is 0 Å². The molecule has 2 aliphatic heterocycles. The Bertz CT molecular complexity index is 1610. The van der Waals surface area contributed by atoms with Crippen molar-refractivity contribution in [3.05, 3.63) is 42.2 Å². The Hall–Kier alpha value is -5.27. The first-order chi connectivity index (χ1) is 25.4. The van der Waals surface area contributed by atoms with E-state index in [0.29, 0.717) is 5.75 Å². The van der Waals surface area contributed by atoms with Crippen molar-refractivity contribution < 1.29 is 90.8 Å². The van der Waals surface area contributed by atoms with Crippen molar-refractivity contribution in [2.45, 2.75) is 96.3 Å². The van der Waals surface area contributed by atoms with Gasteiger partial charge in [-0.05, 0) is 30.3 Å². The molecule has 0 radical (unpaired) electrons. The molecule has 2 fully saturated rings. The molecule has 1 aromatic carbocycles. The number of carbonyl (C=O) groups excluding carboxylic acids is 7. The monoisotopic (exact) mass is 766 g/mol. The van der Waals surface area contributed by atoms with Crippen LogP contribution in [0.5, 0.6) is 5.75 Å². The molecule has 11 atom stereocenters. The summed E-state index contributed by atoms with van der Waals surface area (Å²) in [7, 11) is 1.44. The molecule has 296 valence electrons. The van der Waals surface area contributed by atoms with E-state index in [2.05, 4.69) is 0 Å². The van der Waals surface area contributed by atoms with Crippen LogP contribution in [0.2, 0.25) is 0 Å². The van der Waals surface area contributed by atoms with Crippen LogP contribution < -0.4 is 4.74 Å². The van der Waals surface area contributed by atoms with Crippen LogP contribution in [0.4, 0.5) is 0 Å². The molecule has 1 N–H and O–H groups in total. The quantitative estimate of drug-likeness (QED) is 0.214. The lowest BCUT2D eigenvalue weighted by molar-refractivity contribution is -0.350. The van der Waals surface area contributed by atoms with Gasteiger partial charge in [0, 0.05) is 47.5 Å². The second kappa shape index (κ2) is 17.7. The molecular formula is C35H42O19. The molecule has 0 spiro atoms. The van der Waals surface area contributed by atoms with E-state index in [1.165, 1.54) is 37.5 Å². The van der Waals surface area contributed by atoms with E-state index in [1.807, 2.05) is 0 Å². The van der Waals surface area contributed by atoms with E-state index >= 15 is 0 Å². The zero-order chi connectivity index (χ0) is 39.9. The number of benzene rings is 1. The number of esters is 7. The Morgan fingerprint density at radius 1 is 0.685 bits per heavy atom. The molecule has 1 aliphatic carbocycles. The van der Waals surface area contributed by atoms with Crippen LogP contribution in [0.1, 0.15) is 51.9 Å². The predicted octanol–water partition coefficient (Wildman–Crippen LogP) is 0.662. The lowest BCUT2D eigenvalue weighted by atomic mass is 9.83. The van der Waals surface area contributed by atoms with Gasteiger partial charge in [-0.1, -0.05) is 0 Å². The molecular weight excluding hydrogens is 724 g/mol. The van der Waals surface area contributed by atoms with Gasteiger partial charge in [-0.25, -0.2) is 4.79 Å². The summed E-state index contributed by atoms with van der Waals surface area (Å²) in [4.78, 5) is 86.6. The Labute approximate surface area is 308 Å². The molecule has 0 aromatic heterocycles. The largest absolute Gasteiger partial charge is 0.497 e. The molecule has 1 aromatic rings. The fourth-order valence-electron chi connectivity index (χ4n) is 6.51. The van der Waals surface area contributed by atoms with E-state index in [4.69, 9.17) is 52.1 Å². The molecule has 1 saturated carbocycles. The number of methoxy groups -OCH3 is 1. The van der Waals surface area contributed by atoms with E-state index in [-0.39, 0.29) is 5.56 Å². The normalized spacial score (nSPS) is 31.0. The fourth-order valence-corrected chi connectivity index (χ4v) is 6.51. The smallest absolute Gasteiger partial charge is 0.338 e. The maximum absolute atomic E-state index is 13.5. The number of carbonyl (C=O) groups is 7. The molecule has 19 heteroatoms. The van der Waals surface area contributed by atoms with Gasteiger partial charge in [0.2, 0.25) is 12.6 Å². The van der Waals surface area contributed by atoms with E-state index in [9.17, 15) is 38.7 Å². The highest BCUT2D eigenvalue weighted by Crippen LogP contribution is 2.50. The first kappa shape index (κ1) is 41.5. The third-order valence-corrected chi connectivity index (χ3v) is 8.55. The molecule has 0 unspecified atom stereocenters. The molecule has 3 aliphatic rings. The summed E-state index contributed by atoms with van der Waals surface area (Å²) in [6.07, 6.45) is -10.2. The topological polar surface area (TPSA) is 241 Å². The number of aliphatic hydroxyl groups is 1.